The van der Waals surface area contributed by atoms with Crippen molar-refractivity contribution in [1.82, 2.24) is 9.80 Å². The molecule has 1 aromatic carbocycles. The van der Waals surface area contributed by atoms with E-state index in [1.54, 1.807) is 4.90 Å². The van der Waals surface area contributed by atoms with Crippen LogP contribution in [0.1, 0.15) is 44.9 Å². The van der Waals surface area contributed by atoms with Crippen LogP contribution < -0.4 is 4.90 Å². The van der Waals surface area contributed by atoms with Crippen molar-refractivity contribution < 1.29 is 9.59 Å². The highest BCUT2D eigenvalue weighted by atomic mass is 16.2. The van der Waals surface area contributed by atoms with Gasteiger partial charge in [0.05, 0.1) is 19.0 Å². The summed E-state index contributed by atoms with van der Waals surface area (Å²) in [5.74, 6) is 0.435. The molecule has 0 atom stereocenters. The van der Waals surface area contributed by atoms with E-state index in [1.807, 2.05) is 30.3 Å². The number of nitriles is 1. The maximum atomic E-state index is 12.9. The lowest BCUT2D eigenvalue weighted by Gasteiger charge is -2.34. The zero-order valence-electron chi connectivity index (χ0n) is 17.3. The first-order valence-electron chi connectivity index (χ1n) is 10.9. The Bertz CT molecular complexity index is 699. The minimum atomic E-state index is 0.0174. The molecule has 2 fully saturated rings. The van der Waals surface area contributed by atoms with E-state index in [0.29, 0.717) is 25.4 Å². The summed E-state index contributed by atoms with van der Waals surface area (Å²) in [7, 11) is 0. The number of para-hydroxylation sites is 1. The Balaban J connectivity index is 1.51. The van der Waals surface area contributed by atoms with Gasteiger partial charge in [-0.1, -0.05) is 31.0 Å². The van der Waals surface area contributed by atoms with Crippen LogP contribution in [0.2, 0.25) is 0 Å². The van der Waals surface area contributed by atoms with Gasteiger partial charge in [-0.15, -0.1) is 0 Å². The summed E-state index contributed by atoms with van der Waals surface area (Å²) >= 11 is 0. The van der Waals surface area contributed by atoms with Crippen LogP contribution in [-0.4, -0.2) is 60.9 Å². The van der Waals surface area contributed by atoms with Crippen molar-refractivity contribution in [1.29, 1.82) is 5.26 Å². The van der Waals surface area contributed by atoms with Gasteiger partial charge in [0.25, 0.3) is 0 Å². The molecule has 2 heterocycles. The van der Waals surface area contributed by atoms with Crippen LogP contribution in [0.3, 0.4) is 0 Å². The van der Waals surface area contributed by atoms with Crippen molar-refractivity contribution in [3.8, 4) is 6.07 Å². The molecule has 0 N–H and O–H groups in total. The number of anilines is 1. The molecule has 0 spiro atoms. The van der Waals surface area contributed by atoms with E-state index in [1.165, 1.54) is 12.8 Å². The molecule has 2 saturated heterocycles. The van der Waals surface area contributed by atoms with Crippen molar-refractivity contribution in [2.75, 3.05) is 44.2 Å². The topological polar surface area (TPSA) is 67.6 Å². The average Bonchev–Trinajstić information content (AvgIpc) is 3.04. The maximum absolute atomic E-state index is 12.9. The number of carbonyl (C=O) groups excluding carboxylic acids is 2. The number of carbonyl (C=O) groups is 2. The van der Waals surface area contributed by atoms with E-state index in [-0.39, 0.29) is 11.8 Å². The van der Waals surface area contributed by atoms with E-state index in [0.717, 1.165) is 57.5 Å². The third-order valence-electron chi connectivity index (χ3n) is 6.03. The molecule has 0 unspecified atom stereocenters. The Morgan fingerprint density at radius 1 is 1.00 bits per heavy atom. The van der Waals surface area contributed by atoms with E-state index < -0.39 is 0 Å². The van der Waals surface area contributed by atoms with Crippen LogP contribution in [-0.2, 0) is 9.59 Å². The molecule has 2 aliphatic heterocycles. The van der Waals surface area contributed by atoms with Crippen LogP contribution in [0.25, 0.3) is 0 Å². The molecule has 6 nitrogen and oxygen atoms in total. The monoisotopic (exact) mass is 396 g/mol. The molecule has 0 saturated carbocycles. The standard InChI is InChI=1S/C23H32N4O2/c24-13-8-16-27(21-9-4-3-5-10-21)22(28)19-25-17-11-20(12-18-25)23(29)26-14-6-1-2-7-15-26/h3-5,9-10,20H,1-2,6-8,11-12,14-19H2. The van der Waals surface area contributed by atoms with Crippen LogP contribution in [0.4, 0.5) is 5.69 Å². The van der Waals surface area contributed by atoms with Crippen molar-refractivity contribution in [2.45, 2.75) is 44.9 Å². The summed E-state index contributed by atoms with van der Waals surface area (Å²) in [6, 6.07) is 11.7. The average molecular weight is 397 g/mol. The minimum Gasteiger partial charge on any atom is -0.342 e. The van der Waals surface area contributed by atoms with Crippen molar-refractivity contribution >= 4 is 17.5 Å². The highest BCUT2D eigenvalue weighted by molar-refractivity contribution is 5.94. The van der Waals surface area contributed by atoms with Crippen LogP contribution in [0.5, 0.6) is 0 Å². The SMILES string of the molecule is N#CCCN(C(=O)CN1CCC(C(=O)N2CCCCCC2)CC1)c1ccccc1. The molecule has 2 amide bonds. The number of benzene rings is 1. The van der Waals surface area contributed by atoms with Gasteiger partial charge < -0.3 is 9.80 Å². The largest absolute Gasteiger partial charge is 0.342 e. The van der Waals surface area contributed by atoms with E-state index in [2.05, 4.69) is 15.9 Å². The van der Waals surface area contributed by atoms with Gasteiger partial charge in [-0.25, -0.2) is 0 Å². The number of hydrogen-bond donors (Lipinski definition) is 0. The molecular weight excluding hydrogens is 364 g/mol. The van der Waals surface area contributed by atoms with Crippen LogP contribution in [0.15, 0.2) is 30.3 Å². The number of amides is 2. The zero-order valence-corrected chi connectivity index (χ0v) is 17.3. The van der Waals surface area contributed by atoms with Gasteiger partial charge in [-0.3, -0.25) is 14.5 Å². The minimum absolute atomic E-state index is 0.0174. The molecule has 156 valence electrons. The molecule has 29 heavy (non-hydrogen) atoms. The molecule has 0 aromatic heterocycles. The maximum Gasteiger partial charge on any atom is 0.241 e. The molecule has 6 heteroatoms. The Morgan fingerprint density at radius 2 is 1.66 bits per heavy atom. The van der Waals surface area contributed by atoms with Gasteiger partial charge in [-0.05, 0) is 50.9 Å². The number of nitrogens with zero attached hydrogens (tertiary/aromatic N) is 4. The van der Waals surface area contributed by atoms with Gasteiger partial charge >= 0.3 is 0 Å². The van der Waals surface area contributed by atoms with Crippen molar-refractivity contribution in [2.24, 2.45) is 5.92 Å². The molecule has 0 aliphatic carbocycles. The third-order valence-corrected chi connectivity index (χ3v) is 6.03. The van der Waals surface area contributed by atoms with Crippen molar-refractivity contribution in [3.63, 3.8) is 0 Å². The first kappa shape index (κ1) is 21.3. The van der Waals surface area contributed by atoms with Gasteiger partial charge in [0.1, 0.15) is 0 Å². The lowest BCUT2D eigenvalue weighted by atomic mass is 9.95. The second kappa shape index (κ2) is 11.0. The first-order valence-corrected chi connectivity index (χ1v) is 10.9. The molecule has 0 radical (unpaired) electrons. The van der Waals surface area contributed by atoms with E-state index >= 15 is 0 Å². The third kappa shape index (κ3) is 6.04. The smallest absolute Gasteiger partial charge is 0.241 e. The zero-order chi connectivity index (χ0) is 20.5. The quantitative estimate of drug-likeness (QED) is 0.741. The predicted molar refractivity (Wildman–Crippen MR) is 113 cm³/mol. The Labute approximate surface area is 174 Å². The van der Waals surface area contributed by atoms with Gasteiger partial charge in [0.2, 0.25) is 11.8 Å². The number of rotatable bonds is 6. The van der Waals surface area contributed by atoms with E-state index in [4.69, 9.17) is 5.26 Å². The number of likely N-dealkylation sites (tertiary alicyclic amines) is 2. The van der Waals surface area contributed by atoms with Gasteiger partial charge in [-0.2, -0.15) is 5.26 Å². The van der Waals surface area contributed by atoms with Gasteiger partial charge in [0.15, 0.2) is 0 Å². The lowest BCUT2D eigenvalue weighted by Crippen LogP contribution is -2.46. The summed E-state index contributed by atoms with van der Waals surface area (Å²) in [6.07, 6.45) is 6.67. The van der Waals surface area contributed by atoms with Crippen LogP contribution >= 0.6 is 0 Å². The fourth-order valence-electron chi connectivity index (χ4n) is 4.33. The second-order valence-corrected chi connectivity index (χ2v) is 8.08. The Hall–Kier alpha value is -2.39. The number of piperidine rings is 1. The van der Waals surface area contributed by atoms with Crippen molar-refractivity contribution in [3.05, 3.63) is 30.3 Å². The first-order chi connectivity index (χ1) is 14.2. The second-order valence-electron chi connectivity index (χ2n) is 8.08. The highest BCUT2D eigenvalue weighted by Crippen LogP contribution is 2.22. The Kier molecular flexibility index (Phi) is 8.06. The molecule has 0 bridgehead atoms. The fourth-order valence-corrected chi connectivity index (χ4v) is 4.33. The summed E-state index contributed by atoms with van der Waals surface area (Å²) in [6.45, 7) is 4.10. The summed E-state index contributed by atoms with van der Waals surface area (Å²) in [5, 5.41) is 8.94. The molecular formula is C23H32N4O2. The van der Waals surface area contributed by atoms with Crippen LogP contribution in [0, 0.1) is 17.2 Å². The number of hydrogen-bond acceptors (Lipinski definition) is 4. The lowest BCUT2D eigenvalue weighted by molar-refractivity contribution is -0.137. The highest BCUT2D eigenvalue weighted by Gasteiger charge is 2.30. The van der Waals surface area contributed by atoms with Gasteiger partial charge in [0, 0.05) is 31.2 Å². The molecule has 3 rings (SSSR count). The Morgan fingerprint density at radius 3 is 2.28 bits per heavy atom. The molecule has 1 aromatic rings. The summed E-state index contributed by atoms with van der Waals surface area (Å²) < 4.78 is 0. The fraction of sp³-hybridized carbons (Fsp3) is 0.609. The molecule has 2 aliphatic rings. The predicted octanol–water partition coefficient (Wildman–Crippen LogP) is 3.05. The summed E-state index contributed by atoms with van der Waals surface area (Å²) in [4.78, 5) is 31.7. The normalized spacial score (nSPS) is 18.7. The summed E-state index contributed by atoms with van der Waals surface area (Å²) in [5.41, 5.74) is 0.832. The van der Waals surface area contributed by atoms with E-state index in [9.17, 15) is 9.59 Å².